The first-order valence-corrected chi connectivity index (χ1v) is 10.7. The number of thioether (sulfide) groups is 1. The average Bonchev–Trinajstić information content (AvgIpc) is 3.21. The number of fused-ring (bicyclic) bond motifs is 1. The molecule has 0 aliphatic rings. The number of aromatic amines is 1. The number of pyridine rings is 1. The lowest BCUT2D eigenvalue weighted by atomic mass is 9.93. The SMILES string of the molecule is CC(=O)c1c(C)nc(SCC(=O)c2ccccc2)c(C#N)c1-c1c[nH]c2ccccc12. The zero-order valence-corrected chi connectivity index (χ0v) is 17.9. The Morgan fingerprint density at radius 1 is 1.10 bits per heavy atom. The fraction of sp³-hybridized carbons (Fsp3) is 0.120. The van der Waals surface area contributed by atoms with E-state index in [1.54, 1.807) is 19.1 Å². The van der Waals surface area contributed by atoms with Gasteiger partial charge in [-0.3, -0.25) is 9.59 Å². The van der Waals surface area contributed by atoms with Crippen molar-refractivity contribution in [3.8, 4) is 17.2 Å². The van der Waals surface area contributed by atoms with Crippen LogP contribution in [0.2, 0.25) is 0 Å². The van der Waals surface area contributed by atoms with Crippen LogP contribution in [-0.2, 0) is 0 Å². The highest BCUT2D eigenvalue weighted by atomic mass is 32.2. The molecule has 2 aromatic carbocycles. The molecule has 0 amide bonds. The van der Waals surface area contributed by atoms with E-state index >= 15 is 0 Å². The molecular weight excluding hydrogens is 406 g/mol. The summed E-state index contributed by atoms with van der Waals surface area (Å²) in [5, 5.41) is 11.4. The minimum atomic E-state index is -0.154. The van der Waals surface area contributed by atoms with Crippen molar-refractivity contribution in [1.29, 1.82) is 5.26 Å². The van der Waals surface area contributed by atoms with Gasteiger partial charge < -0.3 is 4.98 Å². The summed E-state index contributed by atoms with van der Waals surface area (Å²) in [5.74, 6) is -0.0466. The maximum atomic E-state index is 12.6. The number of aryl methyl sites for hydroxylation is 1. The topological polar surface area (TPSA) is 86.6 Å². The fourth-order valence-electron chi connectivity index (χ4n) is 3.70. The predicted molar refractivity (Wildman–Crippen MR) is 122 cm³/mol. The molecule has 0 aliphatic carbocycles. The molecule has 0 fully saturated rings. The predicted octanol–water partition coefficient (Wildman–Crippen LogP) is 5.59. The number of carbonyl (C=O) groups is 2. The van der Waals surface area contributed by atoms with Crippen molar-refractivity contribution in [2.75, 3.05) is 5.75 Å². The number of ketones is 2. The van der Waals surface area contributed by atoms with Crippen LogP contribution < -0.4 is 0 Å². The second kappa shape index (κ2) is 8.58. The van der Waals surface area contributed by atoms with Crippen LogP contribution in [0.3, 0.4) is 0 Å². The minimum Gasteiger partial charge on any atom is -0.361 e. The van der Waals surface area contributed by atoms with Crippen LogP contribution in [0.5, 0.6) is 0 Å². The lowest BCUT2D eigenvalue weighted by Gasteiger charge is -2.15. The number of hydrogen-bond acceptors (Lipinski definition) is 5. The first-order valence-electron chi connectivity index (χ1n) is 9.74. The molecule has 5 nitrogen and oxygen atoms in total. The Morgan fingerprint density at radius 2 is 1.81 bits per heavy atom. The number of carbonyl (C=O) groups excluding carboxylic acids is 2. The van der Waals surface area contributed by atoms with Crippen molar-refractivity contribution in [3.05, 3.63) is 83.2 Å². The summed E-state index contributed by atoms with van der Waals surface area (Å²) in [6.45, 7) is 3.24. The normalized spacial score (nSPS) is 10.7. The summed E-state index contributed by atoms with van der Waals surface area (Å²) in [6, 6.07) is 19.0. The number of Topliss-reactive ketones (excluding diaryl/α,β-unsaturated/α-hetero) is 2. The molecule has 4 rings (SSSR count). The number of aromatic nitrogens is 2. The van der Waals surface area contributed by atoms with Crippen LogP contribution in [0.25, 0.3) is 22.0 Å². The van der Waals surface area contributed by atoms with Crippen molar-refractivity contribution in [1.82, 2.24) is 9.97 Å². The number of nitriles is 1. The highest BCUT2D eigenvalue weighted by molar-refractivity contribution is 8.00. The molecule has 152 valence electrons. The van der Waals surface area contributed by atoms with Crippen molar-refractivity contribution in [3.63, 3.8) is 0 Å². The molecule has 0 unspecified atom stereocenters. The van der Waals surface area contributed by atoms with Gasteiger partial charge in [0.1, 0.15) is 11.1 Å². The molecule has 6 heteroatoms. The van der Waals surface area contributed by atoms with Crippen LogP contribution in [0, 0.1) is 18.3 Å². The molecule has 31 heavy (non-hydrogen) atoms. The van der Waals surface area contributed by atoms with E-state index in [-0.39, 0.29) is 17.3 Å². The average molecular weight is 426 g/mol. The van der Waals surface area contributed by atoms with E-state index in [0.717, 1.165) is 16.5 Å². The number of nitrogens with one attached hydrogen (secondary N) is 1. The second-order valence-corrected chi connectivity index (χ2v) is 8.09. The number of rotatable bonds is 6. The summed E-state index contributed by atoms with van der Waals surface area (Å²) in [6.07, 6.45) is 1.82. The van der Waals surface area contributed by atoms with Crippen LogP contribution in [0.4, 0.5) is 0 Å². The standard InChI is InChI=1S/C25H19N3O2S/c1-15-23(16(2)29)24(20-13-27-21-11-7-6-10-18(20)21)19(12-26)25(28-15)31-14-22(30)17-8-4-3-5-9-17/h3-11,13,27H,14H2,1-2H3. The number of para-hydroxylation sites is 1. The van der Waals surface area contributed by atoms with E-state index < -0.39 is 0 Å². The molecule has 0 saturated carbocycles. The maximum Gasteiger partial charge on any atom is 0.173 e. The number of benzene rings is 2. The van der Waals surface area contributed by atoms with Gasteiger partial charge in [-0.1, -0.05) is 60.3 Å². The molecule has 0 atom stereocenters. The fourth-order valence-corrected chi connectivity index (χ4v) is 4.63. The Kier molecular flexibility index (Phi) is 5.70. The third kappa shape index (κ3) is 3.88. The van der Waals surface area contributed by atoms with Crippen molar-refractivity contribution in [2.24, 2.45) is 0 Å². The molecular formula is C25H19N3O2S. The molecule has 0 bridgehead atoms. The van der Waals surface area contributed by atoms with Gasteiger partial charge in [0.25, 0.3) is 0 Å². The summed E-state index contributed by atoms with van der Waals surface area (Å²) in [5.41, 5.74) is 4.16. The zero-order chi connectivity index (χ0) is 22.0. The second-order valence-electron chi connectivity index (χ2n) is 7.12. The van der Waals surface area contributed by atoms with Gasteiger partial charge in [0.15, 0.2) is 11.6 Å². The largest absolute Gasteiger partial charge is 0.361 e. The van der Waals surface area contributed by atoms with E-state index in [0.29, 0.717) is 33.0 Å². The van der Waals surface area contributed by atoms with Gasteiger partial charge in [0.2, 0.25) is 0 Å². The summed E-state index contributed by atoms with van der Waals surface area (Å²) in [4.78, 5) is 32.9. The summed E-state index contributed by atoms with van der Waals surface area (Å²) < 4.78 is 0. The smallest absolute Gasteiger partial charge is 0.173 e. The molecule has 2 aromatic heterocycles. The Hall–Kier alpha value is -3.69. The van der Waals surface area contributed by atoms with E-state index in [9.17, 15) is 14.9 Å². The highest BCUT2D eigenvalue weighted by Crippen LogP contribution is 2.38. The Morgan fingerprint density at radius 3 is 2.52 bits per heavy atom. The molecule has 0 saturated heterocycles. The molecule has 1 N–H and O–H groups in total. The van der Waals surface area contributed by atoms with Gasteiger partial charge >= 0.3 is 0 Å². The first kappa shape index (κ1) is 20.6. The maximum absolute atomic E-state index is 12.6. The monoisotopic (exact) mass is 425 g/mol. The van der Waals surface area contributed by atoms with Crippen molar-refractivity contribution < 1.29 is 9.59 Å². The Balaban J connectivity index is 1.84. The van der Waals surface area contributed by atoms with Gasteiger partial charge in [-0.15, -0.1) is 0 Å². The van der Waals surface area contributed by atoms with Crippen LogP contribution >= 0.6 is 11.8 Å². The molecule has 0 radical (unpaired) electrons. The summed E-state index contributed by atoms with van der Waals surface area (Å²) >= 11 is 1.22. The summed E-state index contributed by atoms with van der Waals surface area (Å²) in [7, 11) is 0. The first-order chi connectivity index (χ1) is 15.0. The van der Waals surface area contributed by atoms with E-state index in [2.05, 4.69) is 16.0 Å². The third-order valence-electron chi connectivity index (χ3n) is 5.10. The van der Waals surface area contributed by atoms with Crippen LogP contribution in [0.15, 0.2) is 65.8 Å². The quantitative estimate of drug-likeness (QED) is 0.321. The molecule has 2 heterocycles. The molecule has 4 aromatic rings. The third-order valence-corrected chi connectivity index (χ3v) is 6.08. The minimum absolute atomic E-state index is 0.0433. The molecule has 0 spiro atoms. The van der Waals surface area contributed by atoms with Crippen LogP contribution in [-0.4, -0.2) is 27.3 Å². The van der Waals surface area contributed by atoms with Crippen molar-refractivity contribution >= 4 is 34.2 Å². The zero-order valence-electron chi connectivity index (χ0n) is 17.1. The lowest BCUT2D eigenvalue weighted by molar-refractivity contribution is 0.101. The highest BCUT2D eigenvalue weighted by Gasteiger charge is 2.24. The van der Waals surface area contributed by atoms with E-state index in [1.165, 1.54) is 18.7 Å². The number of H-pyrrole nitrogens is 1. The van der Waals surface area contributed by atoms with Gasteiger partial charge in [-0.2, -0.15) is 5.26 Å². The number of hydrogen-bond donors (Lipinski definition) is 1. The van der Waals surface area contributed by atoms with Crippen molar-refractivity contribution in [2.45, 2.75) is 18.9 Å². The van der Waals surface area contributed by atoms with Crippen LogP contribution in [0.1, 0.15) is 38.9 Å². The van der Waals surface area contributed by atoms with Gasteiger partial charge in [0.05, 0.1) is 17.0 Å². The molecule has 0 aliphatic heterocycles. The van der Waals surface area contributed by atoms with E-state index in [4.69, 9.17) is 0 Å². The van der Waals surface area contributed by atoms with Gasteiger partial charge in [-0.25, -0.2) is 4.98 Å². The number of nitrogens with zero attached hydrogens (tertiary/aromatic N) is 2. The lowest BCUT2D eigenvalue weighted by Crippen LogP contribution is -2.08. The Labute approximate surface area is 184 Å². The Bertz CT molecular complexity index is 1350. The van der Waals surface area contributed by atoms with Gasteiger partial charge in [-0.05, 0) is 19.9 Å². The van der Waals surface area contributed by atoms with E-state index in [1.807, 2.05) is 48.7 Å². The van der Waals surface area contributed by atoms with Gasteiger partial charge in [0, 0.05) is 39.4 Å².